The first-order valence-electron chi connectivity index (χ1n) is 7.87. The Kier molecular flexibility index (Phi) is 5.84. The highest BCUT2D eigenvalue weighted by Crippen LogP contribution is 2.32. The summed E-state index contributed by atoms with van der Waals surface area (Å²) in [7, 11) is -3.49. The molecule has 0 bridgehead atoms. The second-order valence-corrected chi connectivity index (χ2v) is 7.57. The van der Waals surface area contributed by atoms with Gasteiger partial charge in [-0.15, -0.1) is 0 Å². The summed E-state index contributed by atoms with van der Waals surface area (Å²) < 4.78 is 32.4. The molecule has 0 aliphatic heterocycles. The fourth-order valence-electron chi connectivity index (χ4n) is 2.25. The summed E-state index contributed by atoms with van der Waals surface area (Å²) in [6.07, 6.45) is 4.13. The van der Waals surface area contributed by atoms with Crippen LogP contribution in [0, 0.1) is 5.92 Å². The highest BCUT2D eigenvalue weighted by molar-refractivity contribution is 7.89. The van der Waals surface area contributed by atoms with Gasteiger partial charge in [0.15, 0.2) is 0 Å². The minimum Gasteiger partial charge on any atom is -0.447 e. The predicted octanol–water partition coefficient (Wildman–Crippen LogP) is 2.59. The Morgan fingerprint density at radius 3 is 2.67 bits per heavy atom. The van der Waals surface area contributed by atoms with Crippen molar-refractivity contribution in [2.75, 3.05) is 19.6 Å². The van der Waals surface area contributed by atoms with Gasteiger partial charge >= 0.3 is 0 Å². The van der Waals surface area contributed by atoms with E-state index in [1.807, 2.05) is 6.92 Å². The van der Waals surface area contributed by atoms with Gasteiger partial charge in [0.2, 0.25) is 5.09 Å². The zero-order valence-corrected chi connectivity index (χ0v) is 13.8. The third kappa shape index (κ3) is 4.56. The normalized spacial score (nSPS) is 15.8. The zero-order valence-electron chi connectivity index (χ0n) is 13.0. The largest absolute Gasteiger partial charge is 0.447 e. The van der Waals surface area contributed by atoms with Crippen LogP contribution in [0.25, 0.3) is 0 Å². The van der Waals surface area contributed by atoms with Crippen molar-refractivity contribution in [3.05, 3.63) is 17.9 Å². The maximum absolute atomic E-state index is 12.6. The molecule has 0 spiro atoms. The number of sulfonamides is 1. The van der Waals surface area contributed by atoms with E-state index in [4.69, 9.17) is 4.42 Å². The lowest BCUT2D eigenvalue weighted by Crippen LogP contribution is -2.33. The Morgan fingerprint density at radius 2 is 2.05 bits per heavy atom. The van der Waals surface area contributed by atoms with E-state index in [0.29, 0.717) is 31.3 Å². The van der Waals surface area contributed by atoms with Crippen molar-refractivity contribution < 1.29 is 12.8 Å². The van der Waals surface area contributed by atoms with Crippen LogP contribution in [0.3, 0.4) is 0 Å². The molecule has 120 valence electrons. The van der Waals surface area contributed by atoms with E-state index in [9.17, 15) is 8.42 Å². The summed E-state index contributed by atoms with van der Waals surface area (Å²) in [6, 6.07) is 3.32. The van der Waals surface area contributed by atoms with E-state index in [1.165, 1.54) is 0 Å². The quantitative estimate of drug-likeness (QED) is 0.674. The van der Waals surface area contributed by atoms with Crippen LogP contribution in [-0.4, -0.2) is 32.4 Å². The predicted molar refractivity (Wildman–Crippen MR) is 82.5 cm³/mol. The van der Waals surface area contributed by atoms with Crippen molar-refractivity contribution in [2.24, 2.45) is 5.92 Å². The molecule has 5 nitrogen and oxygen atoms in total. The average Bonchev–Trinajstić information content (AvgIpc) is 3.14. The SMILES string of the molecule is CCCNCc1ccc(S(=O)(=O)N(CCC)CC2CC2)o1. The van der Waals surface area contributed by atoms with E-state index >= 15 is 0 Å². The number of hydrogen-bond donors (Lipinski definition) is 1. The summed E-state index contributed by atoms with van der Waals surface area (Å²) in [4.78, 5) is 0. The lowest BCUT2D eigenvalue weighted by molar-refractivity contribution is 0.355. The van der Waals surface area contributed by atoms with Gasteiger partial charge in [0, 0.05) is 13.1 Å². The lowest BCUT2D eigenvalue weighted by atomic mass is 10.4. The standard InChI is InChI=1S/C15H26N2O3S/c1-3-9-16-11-14-7-8-15(20-14)21(18,19)17(10-4-2)12-13-5-6-13/h7-8,13,16H,3-6,9-12H2,1-2H3. The number of furan rings is 1. The minimum absolute atomic E-state index is 0.0740. The highest BCUT2D eigenvalue weighted by atomic mass is 32.2. The van der Waals surface area contributed by atoms with Crippen molar-refractivity contribution in [3.8, 4) is 0 Å². The molecule has 1 saturated carbocycles. The van der Waals surface area contributed by atoms with E-state index < -0.39 is 10.0 Å². The summed E-state index contributed by atoms with van der Waals surface area (Å²) >= 11 is 0. The Bertz CT molecular complexity index is 535. The summed E-state index contributed by atoms with van der Waals surface area (Å²) in [5, 5.41) is 3.28. The molecule has 6 heteroatoms. The molecule has 1 aliphatic carbocycles. The minimum atomic E-state index is -3.49. The van der Waals surface area contributed by atoms with Gasteiger partial charge in [-0.2, -0.15) is 4.31 Å². The van der Waals surface area contributed by atoms with E-state index in [0.717, 1.165) is 32.2 Å². The molecule has 2 rings (SSSR count). The fraction of sp³-hybridized carbons (Fsp3) is 0.733. The molecule has 0 atom stereocenters. The summed E-state index contributed by atoms with van der Waals surface area (Å²) in [5.41, 5.74) is 0. The van der Waals surface area contributed by atoms with Crippen LogP contribution in [0.15, 0.2) is 21.6 Å². The molecule has 1 N–H and O–H groups in total. The molecule has 21 heavy (non-hydrogen) atoms. The average molecular weight is 314 g/mol. The number of rotatable bonds is 10. The molecule has 1 aromatic rings. The molecule has 1 aliphatic rings. The van der Waals surface area contributed by atoms with E-state index in [-0.39, 0.29) is 5.09 Å². The van der Waals surface area contributed by atoms with Crippen LogP contribution in [0.2, 0.25) is 0 Å². The maximum Gasteiger partial charge on any atom is 0.276 e. The van der Waals surface area contributed by atoms with Crippen molar-refractivity contribution in [2.45, 2.75) is 51.2 Å². The molecule has 0 aromatic carbocycles. The van der Waals surface area contributed by atoms with Crippen LogP contribution in [-0.2, 0) is 16.6 Å². The van der Waals surface area contributed by atoms with Crippen molar-refractivity contribution in [1.82, 2.24) is 9.62 Å². The molecular formula is C15H26N2O3S. The van der Waals surface area contributed by atoms with Gasteiger partial charge in [0.25, 0.3) is 10.0 Å². The second-order valence-electron chi connectivity index (χ2n) is 5.70. The Hall–Kier alpha value is -0.850. The molecule has 0 unspecified atom stereocenters. The monoisotopic (exact) mass is 314 g/mol. The molecule has 0 radical (unpaired) electrons. The van der Waals surface area contributed by atoms with Gasteiger partial charge < -0.3 is 9.73 Å². The van der Waals surface area contributed by atoms with Gasteiger partial charge in [0.1, 0.15) is 5.76 Å². The maximum atomic E-state index is 12.6. The molecule has 1 heterocycles. The Morgan fingerprint density at radius 1 is 1.29 bits per heavy atom. The number of nitrogens with zero attached hydrogens (tertiary/aromatic N) is 1. The van der Waals surface area contributed by atoms with Gasteiger partial charge in [-0.1, -0.05) is 13.8 Å². The van der Waals surface area contributed by atoms with Crippen LogP contribution >= 0.6 is 0 Å². The summed E-state index contributed by atoms with van der Waals surface area (Å²) in [6.45, 7) is 6.73. The van der Waals surface area contributed by atoms with Crippen LogP contribution in [0.1, 0.15) is 45.3 Å². The lowest BCUT2D eigenvalue weighted by Gasteiger charge is -2.19. The molecule has 0 saturated heterocycles. The first-order chi connectivity index (χ1) is 10.1. The first kappa shape index (κ1) is 16.5. The number of nitrogens with one attached hydrogen (secondary N) is 1. The number of hydrogen-bond acceptors (Lipinski definition) is 4. The van der Waals surface area contributed by atoms with Crippen LogP contribution in [0.4, 0.5) is 0 Å². The van der Waals surface area contributed by atoms with E-state index in [1.54, 1.807) is 16.4 Å². The van der Waals surface area contributed by atoms with E-state index in [2.05, 4.69) is 12.2 Å². The van der Waals surface area contributed by atoms with Crippen LogP contribution < -0.4 is 5.32 Å². The van der Waals surface area contributed by atoms with Crippen molar-refractivity contribution in [3.63, 3.8) is 0 Å². The molecule has 1 fully saturated rings. The Labute approximate surface area is 127 Å². The topological polar surface area (TPSA) is 62.6 Å². The van der Waals surface area contributed by atoms with Crippen molar-refractivity contribution in [1.29, 1.82) is 0 Å². The molecule has 0 amide bonds. The first-order valence-corrected chi connectivity index (χ1v) is 9.31. The summed E-state index contributed by atoms with van der Waals surface area (Å²) in [5.74, 6) is 1.21. The molecular weight excluding hydrogens is 288 g/mol. The van der Waals surface area contributed by atoms with Gasteiger partial charge in [-0.3, -0.25) is 0 Å². The van der Waals surface area contributed by atoms with Gasteiger partial charge in [-0.25, -0.2) is 8.42 Å². The fourth-order valence-corrected chi connectivity index (χ4v) is 3.79. The smallest absolute Gasteiger partial charge is 0.276 e. The highest BCUT2D eigenvalue weighted by Gasteiger charge is 2.32. The third-order valence-electron chi connectivity index (χ3n) is 3.59. The van der Waals surface area contributed by atoms with Gasteiger partial charge in [0.05, 0.1) is 6.54 Å². The molecule has 1 aromatic heterocycles. The Balaban J connectivity index is 2.05. The van der Waals surface area contributed by atoms with Crippen LogP contribution in [0.5, 0.6) is 0 Å². The van der Waals surface area contributed by atoms with Crippen molar-refractivity contribution >= 4 is 10.0 Å². The second kappa shape index (κ2) is 7.42. The van der Waals surface area contributed by atoms with Gasteiger partial charge in [-0.05, 0) is 50.3 Å². The third-order valence-corrected chi connectivity index (χ3v) is 5.33. The zero-order chi connectivity index (χ0) is 15.3.